The number of hydrogen-bond donors (Lipinski definition) is 0. The molecular weight excluding hydrogens is 376 g/mol. The highest BCUT2D eigenvalue weighted by Crippen LogP contribution is 2.34. The molecule has 0 spiro atoms. The molecule has 0 saturated carbocycles. The summed E-state index contributed by atoms with van der Waals surface area (Å²) in [7, 11) is 0. The topological polar surface area (TPSA) is 55.1 Å². The molecule has 0 N–H and O–H groups in total. The summed E-state index contributed by atoms with van der Waals surface area (Å²) in [6.45, 7) is 1.26. The Labute approximate surface area is 158 Å². The Morgan fingerprint density at radius 3 is 2.57 bits per heavy atom. The van der Waals surface area contributed by atoms with Crippen molar-refractivity contribution in [3.8, 4) is 11.5 Å². The van der Waals surface area contributed by atoms with E-state index in [1.807, 2.05) is 0 Å². The summed E-state index contributed by atoms with van der Waals surface area (Å²) in [5.74, 6) is 0.243. The van der Waals surface area contributed by atoms with Gasteiger partial charge in [0.15, 0.2) is 0 Å². The van der Waals surface area contributed by atoms with E-state index in [0.717, 1.165) is 43.3 Å². The van der Waals surface area contributed by atoms with Gasteiger partial charge in [0, 0.05) is 6.54 Å². The van der Waals surface area contributed by atoms with Gasteiger partial charge in [-0.2, -0.15) is 18.2 Å². The molecule has 1 fully saturated rings. The quantitative estimate of drug-likeness (QED) is 0.606. The van der Waals surface area contributed by atoms with Crippen LogP contribution in [0.4, 0.5) is 17.6 Å². The maximum atomic E-state index is 13.0. The first kappa shape index (κ1) is 18.5. The number of hydrogen-bond acceptors (Lipinski definition) is 5. The molecular formula is C19H16F4N4O. The van der Waals surface area contributed by atoms with Gasteiger partial charge in [-0.15, -0.1) is 0 Å². The first-order valence-electron chi connectivity index (χ1n) is 8.76. The fourth-order valence-electron chi connectivity index (χ4n) is 3.31. The molecule has 1 saturated heterocycles. The van der Waals surface area contributed by atoms with E-state index in [2.05, 4.69) is 20.0 Å². The standard InChI is InChI=1S/C19H16F4N4O/c20-14-7-8-15(24-10-14)17-25-18(28-26-17)16-2-1-9-27(16)11-12-3-5-13(6-4-12)19(21,22)23/h3-8,10,16H,1-2,9,11H2/t16-/m0/s1. The monoisotopic (exact) mass is 392 g/mol. The zero-order valence-corrected chi connectivity index (χ0v) is 14.7. The minimum Gasteiger partial charge on any atom is -0.337 e. The van der Waals surface area contributed by atoms with Crippen molar-refractivity contribution in [2.75, 3.05) is 6.54 Å². The van der Waals surface area contributed by atoms with Gasteiger partial charge in [-0.1, -0.05) is 17.3 Å². The first-order valence-corrected chi connectivity index (χ1v) is 8.76. The molecule has 28 heavy (non-hydrogen) atoms. The molecule has 5 nitrogen and oxygen atoms in total. The van der Waals surface area contributed by atoms with E-state index in [1.165, 1.54) is 24.3 Å². The van der Waals surface area contributed by atoms with E-state index in [-0.39, 0.29) is 11.9 Å². The molecule has 1 aliphatic rings. The van der Waals surface area contributed by atoms with Gasteiger partial charge < -0.3 is 4.52 Å². The molecule has 0 aliphatic carbocycles. The molecule has 0 radical (unpaired) electrons. The summed E-state index contributed by atoms with van der Waals surface area (Å²) in [6.07, 6.45) is -1.54. The van der Waals surface area contributed by atoms with Gasteiger partial charge in [0.2, 0.25) is 11.7 Å². The zero-order chi connectivity index (χ0) is 19.7. The summed E-state index contributed by atoms with van der Waals surface area (Å²) < 4.78 is 56.5. The third-order valence-corrected chi connectivity index (χ3v) is 4.71. The molecule has 4 rings (SSSR count). The largest absolute Gasteiger partial charge is 0.416 e. The lowest BCUT2D eigenvalue weighted by molar-refractivity contribution is -0.137. The van der Waals surface area contributed by atoms with Crippen molar-refractivity contribution in [1.29, 1.82) is 0 Å². The van der Waals surface area contributed by atoms with Crippen LogP contribution in [0.2, 0.25) is 0 Å². The highest BCUT2D eigenvalue weighted by atomic mass is 19.4. The van der Waals surface area contributed by atoms with Crippen LogP contribution in [0.25, 0.3) is 11.5 Å². The first-order chi connectivity index (χ1) is 13.4. The molecule has 2 aromatic heterocycles. The van der Waals surface area contributed by atoms with Gasteiger partial charge >= 0.3 is 6.18 Å². The molecule has 0 unspecified atom stereocenters. The summed E-state index contributed by atoms with van der Waals surface area (Å²) in [5, 5.41) is 3.92. The Morgan fingerprint density at radius 2 is 1.89 bits per heavy atom. The van der Waals surface area contributed by atoms with Gasteiger partial charge in [-0.3, -0.25) is 4.90 Å². The lowest BCUT2D eigenvalue weighted by atomic mass is 10.1. The summed E-state index contributed by atoms with van der Waals surface area (Å²) >= 11 is 0. The van der Waals surface area contributed by atoms with Gasteiger partial charge in [0.05, 0.1) is 17.8 Å². The van der Waals surface area contributed by atoms with Gasteiger partial charge in [0.25, 0.3) is 0 Å². The zero-order valence-electron chi connectivity index (χ0n) is 14.7. The van der Waals surface area contributed by atoms with E-state index < -0.39 is 17.6 Å². The minimum atomic E-state index is -4.34. The number of halogens is 4. The lowest BCUT2D eigenvalue weighted by Crippen LogP contribution is -2.23. The SMILES string of the molecule is Fc1ccc(-c2noc([C@@H]3CCCN3Cc3ccc(C(F)(F)F)cc3)n2)nc1. The second-order valence-electron chi connectivity index (χ2n) is 6.64. The van der Waals surface area contributed by atoms with Crippen molar-refractivity contribution < 1.29 is 22.1 Å². The maximum Gasteiger partial charge on any atom is 0.416 e. The Balaban J connectivity index is 1.49. The average molecular weight is 392 g/mol. The third kappa shape index (κ3) is 3.89. The van der Waals surface area contributed by atoms with Crippen molar-refractivity contribution in [2.45, 2.75) is 31.6 Å². The number of pyridine rings is 1. The van der Waals surface area contributed by atoms with Gasteiger partial charge in [-0.05, 0) is 49.2 Å². The molecule has 146 valence electrons. The Kier molecular flexibility index (Phi) is 4.84. The number of rotatable bonds is 4. The van der Waals surface area contributed by atoms with Crippen molar-refractivity contribution >= 4 is 0 Å². The molecule has 1 aromatic carbocycles. The Morgan fingerprint density at radius 1 is 1.11 bits per heavy atom. The van der Waals surface area contributed by atoms with Crippen LogP contribution in [-0.4, -0.2) is 26.6 Å². The smallest absolute Gasteiger partial charge is 0.337 e. The molecule has 3 aromatic rings. The molecule has 0 amide bonds. The summed E-state index contributed by atoms with van der Waals surface area (Å²) in [6, 6.07) is 7.77. The highest BCUT2D eigenvalue weighted by molar-refractivity contribution is 5.47. The van der Waals surface area contributed by atoms with Crippen molar-refractivity contribution in [3.63, 3.8) is 0 Å². The highest BCUT2D eigenvalue weighted by Gasteiger charge is 2.32. The number of likely N-dealkylation sites (tertiary alicyclic amines) is 1. The average Bonchev–Trinajstić information content (AvgIpc) is 3.31. The fourth-order valence-corrected chi connectivity index (χ4v) is 3.31. The van der Waals surface area contributed by atoms with Crippen molar-refractivity contribution in [1.82, 2.24) is 20.0 Å². The van der Waals surface area contributed by atoms with Crippen LogP contribution in [0.3, 0.4) is 0 Å². The van der Waals surface area contributed by atoms with Gasteiger partial charge in [0.1, 0.15) is 11.5 Å². The number of benzene rings is 1. The van der Waals surface area contributed by atoms with E-state index >= 15 is 0 Å². The predicted octanol–water partition coefficient (Wildman–Crippen LogP) is 4.63. The predicted molar refractivity (Wildman–Crippen MR) is 91.3 cm³/mol. The van der Waals surface area contributed by atoms with Gasteiger partial charge in [-0.25, -0.2) is 9.37 Å². The van der Waals surface area contributed by atoms with Crippen LogP contribution in [0.5, 0.6) is 0 Å². The second-order valence-corrected chi connectivity index (χ2v) is 6.64. The number of alkyl halides is 3. The summed E-state index contributed by atoms with van der Waals surface area (Å²) in [5.41, 5.74) is 0.520. The Hall–Kier alpha value is -2.81. The Bertz CT molecular complexity index is 938. The third-order valence-electron chi connectivity index (χ3n) is 4.71. The normalized spacial score (nSPS) is 17.9. The lowest BCUT2D eigenvalue weighted by Gasteiger charge is -2.21. The fraction of sp³-hybridized carbons (Fsp3) is 0.316. The molecule has 1 aliphatic heterocycles. The number of nitrogens with zero attached hydrogens (tertiary/aromatic N) is 4. The maximum absolute atomic E-state index is 13.0. The minimum absolute atomic E-state index is 0.121. The molecule has 0 bridgehead atoms. The van der Waals surface area contributed by atoms with Crippen LogP contribution >= 0.6 is 0 Å². The summed E-state index contributed by atoms with van der Waals surface area (Å²) in [4.78, 5) is 10.4. The van der Waals surface area contributed by atoms with Crippen LogP contribution in [0.1, 0.15) is 35.9 Å². The van der Waals surface area contributed by atoms with E-state index in [1.54, 1.807) is 0 Å². The van der Waals surface area contributed by atoms with Crippen molar-refractivity contribution in [2.24, 2.45) is 0 Å². The van der Waals surface area contributed by atoms with E-state index in [0.29, 0.717) is 18.1 Å². The van der Waals surface area contributed by atoms with Crippen LogP contribution < -0.4 is 0 Å². The van der Waals surface area contributed by atoms with E-state index in [4.69, 9.17) is 4.52 Å². The second kappa shape index (κ2) is 7.31. The van der Waals surface area contributed by atoms with E-state index in [9.17, 15) is 17.6 Å². The van der Waals surface area contributed by atoms with Crippen LogP contribution in [-0.2, 0) is 12.7 Å². The number of aromatic nitrogens is 3. The molecule has 9 heteroatoms. The van der Waals surface area contributed by atoms with Crippen LogP contribution in [0.15, 0.2) is 47.1 Å². The van der Waals surface area contributed by atoms with Crippen molar-refractivity contribution in [3.05, 3.63) is 65.4 Å². The molecule has 1 atom stereocenters. The molecule has 3 heterocycles. The van der Waals surface area contributed by atoms with Crippen LogP contribution in [0, 0.1) is 5.82 Å².